The van der Waals surface area contributed by atoms with Crippen LogP contribution in [0.25, 0.3) is 5.57 Å². The van der Waals surface area contributed by atoms with Crippen molar-refractivity contribution in [2.75, 3.05) is 24.4 Å². The van der Waals surface area contributed by atoms with E-state index in [2.05, 4.69) is 5.32 Å². The van der Waals surface area contributed by atoms with E-state index in [-0.39, 0.29) is 11.3 Å². The van der Waals surface area contributed by atoms with E-state index in [4.69, 9.17) is 9.47 Å². The minimum atomic E-state index is -0.900. The molecule has 0 saturated carbocycles. The lowest BCUT2D eigenvalue weighted by Crippen LogP contribution is -2.33. The second kappa shape index (κ2) is 8.97. The van der Waals surface area contributed by atoms with Crippen LogP contribution in [0.1, 0.15) is 16.7 Å². The third kappa shape index (κ3) is 3.98. The number of hydrogen-bond acceptors (Lipinski definition) is 5. The van der Waals surface area contributed by atoms with Crippen LogP contribution in [0.3, 0.4) is 0 Å². The van der Waals surface area contributed by atoms with Crippen molar-refractivity contribution in [3.8, 4) is 11.5 Å². The van der Waals surface area contributed by atoms with Gasteiger partial charge in [0.2, 0.25) is 0 Å². The van der Waals surface area contributed by atoms with Gasteiger partial charge in [-0.2, -0.15) is 0 Å². The number of carbonyl (C=O) groups excluding carboxylic acids is 2. The molecule has 8 heteroatoms. The second-order valence-corrected chi connectivity index (χ2v) is 7.80. The fraction of sp³-hybridized carbons (Fsp3) is 0.154. The van der Waals surface area contributed by atoms with Gasteiger partial charge in [-0.15, -0.1) is 0 Å². The number of imide groups is 1. The molecular weight excluding hydrogens is 442 g/mol. The fourth-order valence-electron chi connectivity index (χ4n) is 3.91. The summed E-state index contributed by atoms with van der Waals surface area (Å²) in [4.78, 5) is 27.7. The van der Waals surface area contributed by atoms with E-state index in [1.165, 1.54) is 14.2 Å². The largest absolute Gasteiger partial charge is 0.497 e. The molecule has 0 aromatic heterocycles. The first-order chi connectivity index (χ1) is 16.2. The Morgan fingerprint density at radius 3 is 2.29 bits per heavy atom. The number of carbonyl (C=O) groups is 2. The molecule has 4 rings (SSSR count). The van der Waals surface area contributed by atoms with E-state index in [1.54, 1.807) is 24.3 Å². The third-order valence-corrected chi connectivity index (χ3v) is 5.55. The summed E-state index contributed by atoms with van der Waals surface area (Å²) in [6.45, 7) is 3.71. The van der Waals surface area contributed by atoms with Crippen LogP contribution >= 0.6 is 0 Å². The summed E-state index contributed by atoms with van der Waals surface area (Å²) in [5.41, 5.74) is 2.05. The molecule has 1 aliphatic rings. The normalized spacial score (nSPS) is 13.5. The predicted molar refractivity (Wildman–Crippen MR) is 125 cm³/mol. The first kappa shape index (κ1) is 23.0. The molecule has 0 aliphatic carbocycles. The van der Waals surface area contributed by atoms with Gasteiger partial charge in [-0.25, -0.2) is 13.7 Å². The van der Waals surface area contributed by atoms with Crippen LogP contribution in [0.4, 0.5) is 20.2 Å². The second-order valence-electron chi connectivity index (χ2n) is 7.80. The summed E-state index contributed by atoms with van der Waals surface area (Å²) in [6.07, 6.45) is 0. The standard InChI is InChI=1S/C26H22F2N2O4/c1-14-5-8-18(15(2)11-14)23-24(29-20-13-17(33-3)7-10-22(20)34-4)26(32)30(25(23)31)21-12-16(27)6-9-19(21)28/h5-13,29H,1-4H3. The zero-order valence-electron chi connectivity index (χ0n) is 19.0. The monoisotopic (exact) mass is 464 g/mol. The number of hydrogen-bond donors (Lipinski definition) is 1. The lowest BCUT2D eigenvalue weighted by Gasteiger charge is -2.17. The van der Waals surface area contributed by atoms with Crippen molar-refractivity contribution < 1.29 is 27.8 Å². The maximum Gasteiger partial charge on any atom is 0.282 e. The summed E-state index contributed by atoms with van der Waals surface area (Å²) in [5, 5.41) is 2.99. The minimum Gasteiger partial charge on any atom is -0.497 e. The van der Waals surface area contributed by atoms with Crippen molar-refractivity contribution in [1.82, 2.24) is 0 Å². The molecule has 34 heavy (non-hydrogen) atoms. The Bertz CT molecular complexity index is 1350. The summed E-state index contributed by atoms with van der Waals surface area (Å²) in [7, 11) is 2.95. The molecule has 0 atom stereocenters. The molecular formula is C26H22F2N2O4. The van der Waals surface area contributed by atoms with Gasteiger partial charge in [-0.1, -0.05) is 23.8 Å². The molecule has 0 fully saturated rings. The van der Waals surface area contributed by atoms with Crippen LogP contribution in [0, 0.1) is 25.5 Å². The van der Waals surface area contributed by atoms with Gasteiger partial charge in [0.1, 0.15) is 28.8 Å². The van der Waals surface area contributed by atoms with Gasteiger partial charge < -0.3 is 14.8 Å². The van der Waals surface area contributed by atoms with Gasteiger partial charge >= 0.3 is 0 Å². The topological polar surface area (TPSA) is 67.9 Å². The van der Waals surface area contributed by atoms with Crippen molar-refractivity contribution in [3.05, 3.63) is 88.6 Å². The highest BCUT2D eigenvalue weighted by Gasteiger charge is 2.42. The van der Waals surface area contributed by atoms with Gasteiger partial charge in [-0.3, -0.25) is 9.59 Å². The van der Waals surface area contributed by atoms with Crippen LogP contribution in [0.5, 0.6) is 11.5 Å². The highest BCUT2D eigenvalue weighted by molar-refractivity contribution is 6.46. The quantitative estimate of drug-likeness (QED) is 0.521. The van der Waals surface area contributed by atoms with Crippen LogP contribution in [0.2, 0.25) is 0 Å². The molecule has 2 amide bonds. The number of methoxy groups -OCH3 is 2. The Morgan fingerprint density at radius 2 is 1.62 bits per heavy atom. The lowest BCUT2D eigenvalue weighted by molar-refractivity contribution is -0.120. The van der Waals surface area contributed by atoms with E-state index < -0.39 is 29.1 Å². The van der Waals surface area contributed by atoms with Crippen LogP contribution in [0.15, 0.2) is 60.3 Å². The SMILES string of the molecule is COc1ccc(OC)c(NC2=C(c3ccc(C)cc3C)C(=O)N(c3cc(F)ccc3F)C2=O)c1. The Balaban J connectivity index is 1.92. The molecule has 6 nitrogen and oxygen atoms in total. The number of ether oxygens (including phenoxy) is 2. The summed E-state index contributed by atoms with van der Waals surface area (Å²) in [6, 6.07) is 12.9. The predicted octanol–water partition coefficient (Wildman–Crippen LogP) is 5.00. The number of anilines is 2. The van der Waals surface area contributed by atoms with Crippen molar-refractivity contribution in [2.24, 2.45) is 0 Å². The molecule has 0 unspecified atom stereocenters. The van der Waals surface area contributed by atoms with E-state index in [9.17, 15) is 18.4 Å². The number of amides is 2. The van der Waals surface area contributed by atoms with Gasteiger partial charge in [0, 0.05) is 12.1 Å². The highest BCUT2D eigenvalue weighted by Crippen LogP contribution is 2.38. The van der Waals surface area contributed by atoms with Gasteiger partial charge in [0.15, 0.2) is 0 Å². The Hall–Kier alpha value is -4.20. The number of aryl methyl sites for hydroxylation is 2. The molecule has 0 saturated heterocycles. The van der Waals surface area contributed by atoms with Crippen molar-refractivity contribution >= 4 is 28.8 Å². The van der Waals surface area contributed by atoms with Gasteiger partial charge in [0.25, 0.3) is 11.8 Å². The summed E-state index contributed by atoms with van der Waals surface area (Å²) >= 11 is 0. The zero-order chi connectivity index (χ0) is 24.6. The number of halogens is 2. The van der Waals surface area contributed by atoms with Crippen LogP contribution in [-0.2, 0) is 9.59 Å². The van der Waals surface area contributed by atoms with Crippen LogP contribution < -0.4 is 19.7 Å². The molecule has 3 aromatic carbocycles. The average molecular weight is 464 g/mol. The number of benzene rings is 3. The Morgan fingerprint density at radius 1 is 0.853 bits per heavy atom. The smallest absolute Gasteiger partial charge is 0.282 e. The molecule has 3 aromatic rings. The van der Waals surface area contributed by atoms with Crippen molar-refractivity contribution in [3.63, 3.8) is 0 Å². The van der Waals surface area contributed by atoms with Crippen LogP contribution in [-0.4, -0.2) is 26.0 Å². The van der Waals surface area contributed by atoms with Crippen molar-refractivity contribution in [1.29, 1.82) is 0 Å². The van der Waals surface area contributed by atoms with Crippen molar-refractivity contribution in [2.45, 2.75) is 13.8 Å². The molecule has 0 radical (unpaired) electrons. The first-order valence-electron chi connectivity index (χ1n) is 10.4. The summed E-state index contributed by atoms with van der Waals surface area (Å²) < 4.78 is 39.2. The number of nitrogens with zero attached hydrogens (tertiary/aromatic N) is 1. The fourth-order valence-corrected chi connectivity index (χ4v) is 3.91. The maximum absolute atomic E-state index is 14.6. The number of nitrogens with one attached hydrogen (secondary N) is 1. The first-order valence-corrected chi connectivity index (χ1v) is 10.4. The molecule has 1 aliphatic heterocycles. The molecule has 1 heterocycles. The third-order valence-electron chi connectivity index (χ3n) is 5.55. The minimum absolute atomic E-state index is 0.0380. The van der Waals surface area contributed by atoms with Gasteiger partial charge in [-0.05, 0) is 49.2 Å². The number of rotatable bonds is 6. The zero-order valence-corrected chi connectivity index (χ0v) is 19.0. The van der Waals surface area contributed by atoms with E-state index in [0.29, 0.717) is 27.6 Å². The molecule has 0 spiro atoms. The molecule has 1 N–H and O–H groups in total. The van der Waals surface area contributed by atoms with Gasteiger partial charge in [0.05, 0.1) is 31.2 Å². The maximum atomic E-state index is 14.6. The molecule has 174 valence electrons. The molecule has 0 bridgehead atoms. The van der Waals surface area contributed by atoms with E-state index in [0.717, 1.165) is 29.3 Å². The Labute approximate surface area is 195 Å². The average Bonchev–Trinajstić information content (AvgIpc) is 3.04. The highest BCUT2D eigenvalue weighted by atomic mass is 19.1. The van der Waals surface area contributed by atoms with E-state index >= 15 is 0 Å². The Kier molecular flexibility index (Phi) is 6.06. The van der Waals surface area contributed by atoms with E-state index in [1.807, 2.05) is 26.0 Å². The lowest BCUT2D eigenvalue weighted by atomic mass is 9.97. The summed E-state index contributed by atoms with van der Waals surface area (Å²) in [5.74, 6) is -2.39.